The van der Waals surface area contributed by atoms with Gasteiger partial charge < -0.3 is 19.5 Å². The van der Waals surface area contributed by atoms with Gasteiger partial charge in [0.15, 0.2) is 6.10 Å². The van der Waals surface area contributed by atoms with E-state index in [1.54, 1.807) is 12.3 Å². The summed E-state index contributed by atoms with van der Waals surface area (Å²) < 4.78 is 46.0. The van der Waals surface area contributed by atoms with Gasteiger partial charge in [-0.3, -0.25) is 0 Å². The van der Waals surface area contributed by atoms with Gasteiger partial charge in [0, 0.05) is 35.3 Å². The van der Waals surface area contributed by atoms with E-state index < -0.39 is 15.6 Å². The van der Waals surface area contributed by atoms with Crippen LogP contribution in [0.3, 0.4) is 0 Å². The van der Waals surface area contributed by atoms with Gasteiger partial charge in [0.05, 0.1) is 34.6 Å². The van der Waals surface area contributed by atoms with E-state index in [1.165, 1.54) is 11.3 Å². The Labute approximate surface area is 236 Å². The Bertz CT molecular complexity index is 1230. The average Bonchev–Trinajstić information content (AvgIpc) is 3.30. The number of nitrogens with zero attached hydrogens (tertiary/aromatic N) is 1. The molecule has 216 valence electrons. The molecule has 1 amide bonds. The maximum Gasteiger partial charge on any atom is 0.407 e. The number of ether oxygens (including phenoxy) is 3. The van der Waals surface area contributed by atoms with E-state index in [2.05, 4.69) is 23.9 Å². The second-order valence-corrected chi connectivity index (χ2v) is 14.6. The smallest absolute Gasteiger partial charge is 0.407 e. The van der Waals surface area contributed by atoms with Crippen molar-refractivity contribution in [1.82, 2.24) is 15.0 Å². The van der Waals surface area contributed by atoms with Crippen molar-refractivity contribution in [2.24, 2.45) is 5.92 Å². The van der Waals surface area contributed by atoms with Crippen molar-refractivity contribution in [2.75, 3.05) is 19.8 Å². The first kappa shape index (κ1) is 29.8. The number of hydrogen-bond acceptors (Lipinski definition) is 8. The van der Waals surface area contributed by atoms with Crippen molar-refractivity contribution in [3.05, 3.63) is 29.4 Å². The van der Waals surface area contributed by atoms with Crippen LogP contribution in [0.4, 0.5) is 4.79 Å². The molecule has 9 nitrogen and oxygen atoms in total. The number of rotatable bonds is 10. The summed E-state index contributed by atoms with van der Waals surface area (Å²) in [6.07, 6.45) is 5.61. The Morgan fingerprint density at radius 2 is 1.90 bits per heavy atom. The third-order valence-electron chi connectivity index (χ3n) is 6.72. The van der Waals surface area contributed by atoms with Crippen LogP contribution < -0.4 is 14.8 Å². The van der Waals surface area contributed by atoms with E-state index in [0.717, 1.165) is 42.0 Å². The summed E-state index contributed by atoms with van der Waals surface area (Å²) in [5.74, 6) is 1.30. The minimum absolute atomic E-state index is 0.0811. The van der Waals surface area contributed by atoms with Crippen LogP contribution in [0.25, 0.3) is 10.4 Å². The highest BCUT2D eigenvalue weighted by Gasteiger charge is 2.30. The molecule has 0 atom stereocenters. The summed E-state index contributed by atoms with van der Waals surface area (Å²) in [4.78, 5) is 17.8. The van der Waals surface area contributed by atoms with Gasteiger partial charge in [-0.1, -0.05) is 13.8 Å². The second kappa shape index (κ2) is 12.5. The van der Waals surface area contributed by atoms with E-state index >= 15 is 0 Å². The molecule has 0 radical (unpaired) electrons. The van der Waals surface area contributed by atoms with Crippen LogP contribution in [0.1, 0.15) is 77.6 Å². The van der Waals surface area contributed by atoms with Gasteiger partial charge in [-0.15, -0.1) is 11.3 Å². The van der Waals surface area contributed by atoms with E-state index in [1.807, 2.05) is 32.9 Å². The summed E-state index contributed by atoms with van der Waals surface area (Å²) in [6.45, 7) is 11.2. The Morgan fingerprint density at radius 3 is 2.51 bits per heavy atom. The van der Waals surface area contributed by atoms with E-state index in [0.29, 0.717) is 37.1 Å². The summed E-state index contributed by atoms with van der Waals surface area (Å²) in [7, 11) is -3.81. The lowest BCUT2D eigenvalue weighted by molar-refractivity contribution is -0.0985. The fraction of sp³-hybridized carbons (Fsp3) is 0.643. The predicted molar refractivity (Wildman–Crippen MR) is 152 cm³/mol. The van der Waals surface area contributed by atoms with Crippen LogP contribution >= 0.6 is 11.3 Å². The molecule has 2 N–H and O–H groups in total. The number of amides is 1. The van der Waals surface area contributed by atoms with Gasteiger partial charge in [0.1, 0.15) is 5.75 Å². The SMILES string of the molecule is CC(C)CCOc1ccc(-c2cnc([C@H]3CC[C@H](NC(=O)OC4COC4)CC3)s2)c(S(=O)(=O)NC(C)(C)C)c1. The highest BCUT2D eigenvalue weighted by molar-refractivity contribution is 7.89. The van der Waals surface area contributed by atoms with Crippen LogP contribution in [0.5, 0.6) is 5.75 Å². The number of alkyl carbamates (subject to hydrolysis) is 1. The predicted octanol–water partition coefficient (Wildman–Crippen LogP) is 5.46. The Morgan fingerprint density at radius 1 is 1.18 bits per heavy atom. The average molecular weight is 580 g/mol. The highest BCUT2D eigenvalue weighted by Crippen LogP contribution is 2.40. The number of thiazole rings is 1. The molecule has 1 aromatic carbocycles. The summed E-state index contributed by atoms with van der Waals surface area (Å²) in [5, 5.41) is 3.96. The van der Waals surface area contributed by atoms with Crippen molar-refractivity contribution < 1.29 is 27.4 Å². The first-order valence-electron chi connectivity index (χ1n) is 13.7. The number of hydrogen-bond donors (Lipinski definition) is 2. The Balaban J connectivity index is 1.47. The Hall–Kier alpha value is -2.21. The van der Waals surface area contributed by atoms with Crippen LogP contribution in [0.15, 0.2) is 29.3 Å². The van der Waals surface area contributed by atoms with Crippen LogP contribution in [-0.4, -0.2) is 57.0 Å². The van der Waals surface area contributed by atoms with Gasteiger partial charge >= 0.3 is 6.09 Å². The molecule has 1 saturated carbocycles. The minimum Gasteiger partial charge on any atom is -0.494 e. The fourth-order valence-electron chi connectivity index (χ4n) is 4.61. The van der Waals surface area contributed by atoms with Crippen molar-refractivity contribution >= 4 is 27.5 Å². The molecule has 1 saturated heterocycles. The van der Waals surface area contributed by atoms with Crippen LogP contribution in [0.2, 0.25) is 0 Å². The first-order chi connectivity index (χ1) is 18.4. The van der Waals surface area contributed by atoms with E-state index in [9.17, 15) is 13.2 Å². The summed E-state index contributed by atoms with van der Waals surface area (Å²) in [5.41, 5.74) is -0.0152. The van der Waals surface area contributed by atoms with Gasteiger partial charge in [-0.2, -0.15) is 0 Å². The van der Waals surface area contributed by atoms with Gasteiger partial charge in [0.25, 0.3) is 0 Å². The third kappa shape index (κ3) is 8.39. The molecule has 4 rings (SSSR count). The number of nitrogens with one attached hydrogen (secondary N) is 2. The van der Waals surface area contributed by atoms with E-state index in [-0.39, 0.29) is 29.1 Å². The summed E-state index contributed by atoms with van der Waals surface area (Å²) in [6, 6.07) is 5.35. The standard InChI is InChI=1S/C28H41N3O6S2/c1-18(2)12-13-36-21-10-11-23(25(14-21)39(33,34)31-28(3,4)5)24-15-29-26(38-24)19-6-8-20(9-7-19)30-27(32)37-22-16-35-17-22/h10-11,14-15,18-20,22,31H,6-9,12-13,16-17H2,1-5H3,(H,30,32)/t19-,20-. The molecule has 2 aromatic rings. The zero-order valence-corrected chi connectivity index (χ0v) is 25.1. The zero-order valence-electron chi connectivity index (χ0n) is 23.5. The highest BCUT2D eigenvalue weighted by atomic mass is 32.2. The number of carbonyl (C=O) groups excluding carboxylic acids is 1. The molecule has 0 bridgehead atoms. The van der Waals surface area contributed by atoms with Crippen LogP contribution in [-0.2, 0) is 19.5 Å². The first-order valence-corrected chi connectivity index (χ1v) is 16.0. The number of benzene rings is 1. The lowest BCUT2D eigenvalue weighted by Gasteiger charge is -2.30. The summed E-state index contributed by atoms with van der Waals surface area (Å²) >= 11 is 1.53. The quantitative estimate of drug-likeness (QED) is 0.384. The van der Waals surface area contributed by atoms with Crippen molar-refractivity contribution in [3.8, 4) is 16.2 Å². The monoisotopic (exact) mass is 579 g/mol. The molecule has 2 aliphatic rings. The van der Waals surface area contributed by atoms with Gasteiger partial charge in [0.2, 0.25) is 10.0 Å². The Kier molecular flexibility index (Phi) is 9.57. The van der Waals surface area contributed by atoms with Crippen molar-refractivity contribution in [3.63, 3.8) is 0 Å². The van der Waals surface area contributed by atoms with Crippen LogP contribution in [0, 0.1) is 5.92 Å². The van der Waals surface area contributed by atoms with Gasteiger partial charge in [-0.05, 0) is 70.9 Å². The maximum absolute atomic E-state index is 13.5. The largest absolute Gasteiger partial charge is 0.494 e. The lowest BCUT2D eigenvalue weighted by atomic mass is 9.86. The molecule has 1 aliphatic heterocycles. The normalized spacial score (nSPS) is 20.5. The maximum atomic E-state index is 13.5. The molecule has 2 fully saturated rings. The molecule has 11 heteroatoms. The lowest BCUT2D eigenvalue weighted by Crippen LogP contribution is -2.44. The fourth-order valence-corrected chi connectivity index (χ4v) is 7.45. The molecule has 0 spiro atoms. The topological polar surface area (TPSA) is 116 Å². The zero-order chi connectivity index (χ0) is 28.2. The molecule has 1 aliphatic carbocycles. The van der Waals surface area contributed by atoms with Crippen molar-refractivity contribution in [2.45, 2.75) is 95.2 Å². The van der Waals surface area contributed by atoms with E-state index in [4.69, 9.17) is 19.2 Å². The molecular weight excluding hydrogens is 538 g/mol. The molecule has 2 heterocycles. The van der Waals surface area contributed by atoms with Gasteiger partial charge in [-0.25, -0.2) is 22.9 Å². The third-order valence-corrected chi connectivity index (χ3v) is 9.71. The second-order valence-electron chi connectivity index (χ2n) is 11.9. The van der Waals surface area contributed by atoms with Crippen molar-refractivity contribution in [1.29, 1.82) is 0 Å². The molecule has 0 unspecified atom stereocenters. The molecule has 1 aromatic heterocycles. The number of sulfonamides is 1. The minimum atomic E-state index is -3.81. The molecule has 39 heavy (non-hydrogen) atoms. The molecular formula is C28H41N3O6S2. The number of carbonyl (C=O) groups is 1. The number of aromatic nitrogens is 1.